The van der Waals surface area contributed by atoms with Crippen molar-refractivity contribution in [3.8, 4) is 0 Å². The number of aromatic nitrogens is 2. The lowest BCUT2D eigenvalue weighted by Crippen LogP contribution is -2.31. The summed E-state index contributed by atoms with van der Waals surface area (Å²) < 4.78 is 5.39. The van der Waals surface area contributed by atoms with Gasteiger partial charge in [-0.25, -0.2) is 14.8 Å². The van der Waals surface area contributed by atoms with Gasteiger partial charge in [0.2, 0.25) is 0 Å². The predicted molar refractivity (Wildman–Crippen MR) is 67.7 cm³/mol. The minimum absolute atomic E-state index is 0.0635. The van der Waals surface area contributed by atoms with Crippen LogP contribution in [-0.2, 0) is 4.74 Å². The molecule has 0 radical (unpaired) electrons. The number of anilines is 1. The molecule has 0 aliphatic rings. The van der Waals surface area contributed by atoms with Crippen LogP contribution >= 0.6 is 0 Å². The maximum Gasteiger partial charge on any atom is 0.356 e. The molecule has 0 bridgehead atoms. The summed E-state index contributed by atoms with van der Waals surface area (Å²) in [6.07, 6.45) is 2.66. The highest BCUT2D eigenvalue weighted by Crippen LogP contribution is 2.10. The highest BCUT2D eigenvalue weighted by atomic mass is 16.5. The summed E-state index contributed by atoms with van der Waals surface area (Å²) in [6.45, 7) is 7.34. The summed E-state index contributed by atoms with van der Waals surface area (Å²) in [5.74, 6) is -0.153. The molecular weight excluding hydrogens is 234 g/mol. The summed E-state index contributed by atoms with van der Waals surface area (Å²) >= 11 is 0. The zero-order chi connectivity index (χ0) is 13.5. The standard InChI is InChI=1S/C12H19N3O3/c1-4-18-7-10(8(2)3)15-11-6-13-9(5-14-11)12(16)17/h5-6,8,10H,4,7H2,1-3H3,(H,14,15)(H,16,17). The van der Waals surface area contributed by atoms with Gasteiger partial charge in [-0.2, -0.15) is 0 Å². The first-order chi connectivity index (χ1) is 8.54. The second-order valence-electron chi connectivity index (χ2n) is 4.25. The number of nitrogens with one attached hydrogen (secondary N) is 1. The van der Waals surface area contributed by atoms with E-state index in [-0.39, 0.29) is 11.7 Å². The van der Waals surface area contributed by atoms with Crippen LogP contribution < -0.4 is 5.32 Å². The van der Waals surface area contributed by atoms with E-state index in [1.165, 1.54) is 12.4 Å². The summed E-state index contributed by atoms with van der Waals surface area (Å²) in [5, 5.41) is 11.9. The number of carboxylic acid groups (broad SMARTS) is 1. The van der Waals surface area contributed by atoms with Crippen LogP contribution in [0, 0.1) is 5.92 Å². The van der Waals surface area contributed by atoms with Gasteiger partial charge >= 0.3 is 5.97 Å². The van der Waals surface area contributed by atoms with Crippen molar-refractivity contribution in [1.82, 2.24) is 9.97 Å². The maximum absolute atomic E-state index is 10.6. The summed E-state index contributed by atoms with van der Waals surface area (Å²) in [6, 6.07) is 0.120. The van der Waals surface area contributed by atoms with Gasteiger partial charge in [0.25, 0.3) is 0 Å². The number of nitrogens with zero attached hydrogens (tertiary/aromatic N) is 2. The van der Waals surface area contributed by atoms with Crippen LogP contribution in [-0.4, -0.2) is 40.3 Å². The number of hydrogen-bond acceptors (Lipinski definition) is 5. The topological polar surface area (TPSA) is 84.3 Å². The highest BCUT2D eigenvalue weighted by Gasteiger charge is 2.14. The molecular formula is C12H19N3O3. The second kappa shape index (κ2) is 6.90. The van der Waals surface area contributed by atoms with E-state index in [0.29, 0.717) is 24.9 Å². The van der Waals surface area contributed by atoms with Gasteiger partial charge in [-0.3, -0.25) is 0 Å². The third-order valence-electron chi connectivity index (χ3n) is 2.51. The second-order valence-corrected chi connectivity index (χ2v) is 4.25. The van der Waals surface area contributed by atoms with Gasteiger partial charge in [0.05, 0.1) is 25.0 Å². The molecule has 100 valence electrons. The molecule has 0 fully saturated rings. The van der Waals surface area contributed by atoms with Crippen LogP contribution in [0.2, 0.25) is 0 Å². The molecule has 0 aromatic carbocycles. The Hall–Kier alpha value is -1.69. The van der Waals surface area contributed by atoms with Crippen molar-refractivity contribution in [2.45, 2.75) is 26.8 Å². The van der Waals surface area contributed by atoms with Crippen molar-refractivity contribution in [2.75, 3.05) is 18.5 Å². The van der Waals surface area contributed by atoms with Crippen LogP contribution in [0.3, 0.4) is 0 Å². The quantitative estimate of drug-likeness (QED) is 0.768. The molecule has 0 amide bonds. The lowest BCUT2D eigenvalue weighted by Gasteiger charge is -2.22. The van der Waals surface area contributed by atoms with Crippen LogP contribution in [0.1, 0.15) is 31.3 Å². The Labute approximate surface area is 106 Å². The Morgan fingerprint density at radius 3 is 2.61 bits per heavy atom. The number of carbonyl (C=O) groups is 1. The molecule has 0 aliphatic carbocycles. The zero-order valence-electron chi connectivity index (χ0n) is 10.9. The molecule has 1 aromatic rings. The summed E-state index contributed by atoms with van der Waals surface area (Å²) in [5.41, 5.74) is -0.0635. The van der Waals surface area contributed by atoms with Crippen LogP contribution in [0.4, 0.5) is 5.82 Å². The van der Waals surface area contributed by atoms with E-state index < -0.39 is 5.97 Å². The first-order valence-electron chi connectivity index (χ1n) is 5.94. The van der Waals surface area contributed by atoms with Crippen molar-refractivity contribution in [3.05, 3.63) is 18.1 Å². The molecule has 6 heteroatoms. The smallest absolute Gasteiger partial charge is 0.356 e. The average molecular weight is 253 g/mol. The van der Waals surface area contributed by atoms with Crippen LogP contribution in [0.5, 0.6) is 0 Å². The molecule has 1 atom stereocenters. The number of aromatic carboxylic acids is 1. The molecule has 2 N–H and O–H groups in total. The molecule has 1 heterocycles. The minimum Gasteiger partial charge on any atom is -0.476 e. The molecule has 0 spiro atoms. The number of ether oxygens (including phenoxy) is 1. The fraction of sp³-hybridized carbons (Fsp3) is 0.583. The SMILES string of the molecule is CCOCC(Nc1cnc(C(=O)O)cn1)C(C)C. The Morgan fingerprint density at radius 2 is 2.17 bits per heavy atom. The fourth-order valence-corrected chi connectivity index (χ4v) is 1.35. The van der Waals surface area contributed by atoms with Crippen molar-refractivity contribution >= 4 is 11.8 Å². The van der Waals surface area contributed by atoms with E-state index in [4.69, 9.17) is 9.84 Å². The van der Waals surface area contributed by atoms with Crippen molar-refractivity contribution < 1.29 is 14.6 Å². The van der Waals surface area contributed by atoms with Crippen molar-refractivity contribution in [2.24, 2.45) is 5.92 Å². The van der Waals surface area contributed by atoms with E-state index >= 15 is 0 Å². The third-order valence-corrected chi connectivity index (χ3v) is 2.51. The van der Waals surface area contributed by atoms with E-state index in [0.717, 1.165) is 0 Å². The Balaban J connectivity index is 2.65. The highest BCUT2D eigenvalue weighted by molar-refractivity contribution is 5.84. The van der Waals surface area contributed by atoms with Crippen molar-refractivity contribution in [3.63, 3.8) is 0 Å². The zero-order valence-corrected chi connectivity index (χ0v) is 10.9. The van der Waals surface area contributed by atoms with Gasteiger partial charge < -0.3 is 15.2 Å². The Morgan fingerprint density at radius 1 is 1.44 bits per heavy atom. The molecule has 0 aliphatic heterocycles. The summed E-state index contributed by atoms with van der Waals surface area (Å²) in [7, 11) is 0. The van der Waals surface area contributed by atoms with E-state index in [2.05, 4.69) is 29.1 Å². The van der Waals surface area contributed by atoms with Gasteiger partial charge in [0.15, 0.2) is 5.69 Å². The van der Waals surface area contributed by atoms with Gasteiger partial charge in [0.1, 0.15) is 5.82 Å². The van der Waals surface area contributed by atoms with E-state index in [1.54, 1.807) is 0 Å². The molecule has 18 heavy (non-hydrogen) atoms. The Kier molecular flexibility index (Phi) is 5.51. The van der Waals surface area contributed by atoms with E-state index in [1.807, 2.05) is 6.92 Å². The normalized spacial score (nSPS) is 12.4. The molecule has 0 saturated heterocycles. The van der Waals surface area contributed by atoms with Gasteiger partial charge in [-0.15, -0.1) is 0 Å². The van der Waals surface area contributed by atoms with E-state index in [9.17, 15) is 4.79 Å². The largest absolute Gasteiger partial charge is 0.476 e. The third kappa shape index (κ3) is 4.29. The van der Waals surface area contributed by atoms with Crippen molar-refractivity contribution in [1.29, 1.82) is 0 Å². The van der Waals surface area contributed by atoms with Gasteiger partial charge in [0, 0.05) is 6.61 Å². The lowest BCUT2D eigenvalue weighted by atomic mass is 10.1. The summed E-state index contributed by atoms with van der Waals surface area (Å²) in [4.78, 5) is 18.5. The number of carboxylic acids is 1. The Bertz CT molecular complexity index is 379. The minimum atomic E-state index is -1.08. The molecule has 1 unspecified atom stereocenters. The average Bonchev–Trinajstić information content (AvgIpc) is 2.34. The molecule has 0 saturated carbocycles. The fourth-order valence-electron chi connectivity index (χ4n) is 1.35. The molecule has 1 rings (SSSR count). The first kappa shape index (κ1) is 14.4. The maximum atomic E-state index is 10.6. The van der Waals surface area contributed by atoms with Crippen LogP contribution in [0.25, 0.3) is 0 Å². The molecule has 6 nitrogen and oxygen atoms in total. The first-order valence-corrected chi connectivity index (χ1v) is 5.94. The lowest BCUT2D eigenvalue weighted by molar-refractivity contribution is 0.0690. The monoisotopic (exact) mass is 253 g/mol. The molecule has 1 aromatic heterocycles. The predicted octanol–water partition coefficient (Wildman–Crippen LogP) is 1.65. The van der Waals surface area contributed by atoms with Gasteiger partial charge in [-0.05, 0) is 12.8 Å². The number of rotatable bonds is 7. The van der Waals surface area contributed by atoms with Gasteiger partial charge in [-0.1, -0.05) is 13.8 Å². The number of hydrogen-bond donors (Lipinski definition) is 2. The van der Waals surface area contributed by atoms with Crippen LogP contribution in [0.15, 0.2) is 12.4 Å².